The number of carbonyl (C=O) groups excluding carboxylic acids is 2. The lowest BCUT2D eigenvalue weighted by Crippen LogP contribution is -2.53. The molecule has 162 valence electrons. The Kier molecular flexibility index (Phi) is 8.34. The maximum absolute atomic E-state index is 13.4. The molecule has 0 aliphatic rings. The van der Waals surface area contributed by atoms with Crippen molar-refractivity contribution in [1.29, 1.82) is 0 Å². The van der Waals surface area contributed by atoms with Crippen LogP contribution in [0.4, 0.5) is 0 Å². The largest absolute Gasteiger partial charge is 0.350 e. The van der Waals surface area contributed by atoms with Gasteiger partial charge in [0.1, 0.15) is 6.04 Å². The number of amides is 2. The van der Waals surface area contributed by atoms with E-state index >= 15 is 0 Å². The standard InChI is InChI=1S/C24H30Cl2N2O2/c1-6-21(23(30)27-24(3,4)5)28(15-18-10-8-7-9-16(18)2)22(29)14-17-11-12-19(25)20(26)13-17/h7-13,21H,6,14-15H2,1-5H3,(H,27,30)/t21-/m0/s1. The van der Waals surface area contributed by atoms with Crippen molar-refractivity contribution in [3.05, 3.63) is 69.2 Å². The fraction of sp³-hybridized carbons (Fsp3) is 0.417. The summed E-state index contributed by atoms with van der Waals surface area (Å²) in [5.41, 5.74) is 2.47. The molecule has 0 bridgehead atoms. The molecule has 0 saturated heterocycles. The van der Waals surface area contributed by atoms with Crippen molar-refractivity contribution in [2.45, 2.75) is 65.6 Å². The summed E-state index contributed by atoms with van der Waals surface area (Å²) >= 11 is 12.1. The van der Waals surface area contributed by atoms with Crippen LogP contribution in [0.2, 0.25) is 10.0 Å². The van der Waals surface area contributed by atoms with Gasteiger partial charge in [-0.1, -0.05) is 60.5 Å². The van der Waals surface area contributed by atoms with Gasteiger partial charge in [-0.25, -0.2) is 0 Å². The summed E-state index contributed by atoms with van der Waals surface area (Å²) in [5.74, 6) is -0.284. The van der Waals surface area contributed by atoms with E-state index in [1.54, 1.807) is 23.1 Å². The number of hydrogen-bond donors (Lipinski definition) is 1. The third-order valence-electron chi connectivity index (χ3n) is 4.83. The summed E-state index contributed by atoms with van der Waals surface area (Å²) in [4.78, 5) is 28.1. The zero-order valence-corrected chi connectivity index (χ0v) is 19.8. The van der Waals surface area contributed by atoms with Gasteiger partial charge in [0.05, 0.1) is 16.5 Å². The second kappa shape index (κ2) is 10.3. The first-order valence-electron chi connectivity index (χ1n) is 10.1. The Bertz CT molecular complexity index is 906. The average Bonchev–Trinajstić information content (AvgIpc) is 2.64. The van der Waals surface area contributed by atoms with Gasteiger partial charge in [-0.15, -0.1) is 0 Å². The zero-order chi connectivity index (χ0) is 22.5. The molecule has 1 N–H and O–H groups in total. The first-order valence-corrected chi connectivity index (χ1v) is 10.9. The lowest BCUT2D eigenvalue weighted by Gasteiger charge is -2.33. The van der Waals surface area contributed by atoms with Crippen molar-refractivity contribution in [3.8, 4) is 0 Å². The molecule has 0 fully saturated rings. The van der Waals surface area contributed by atoms with Gasteiger partial charge >= 0.3 is 0 Å². The quantitative estimate of drug-likeness (QED) is 0.601. The number of benzene rings is 2. The highest BCUT2D eigenvalue weighted by molar-refractivity contribution is 6.42. The monoisotopic (exact) mass is 448 g/mol. The maximum atomic E-state index is 13.4. The van der Waals surface area contributed by atoms with Gasteiger partial charge in [0.2, 0.25) is 11.8 Å². The predicted octanol–water partition coefficient (Wildman–Crippen LogP) is 5.57. The molecule has 1 atom stereocenters. The highest BCUT2D eigenvalue weighted by atomic mass is 35.5. The molecule has 0 radical (unpaired) electrons. The van der Waals surface area contributed by atoms with Crippen LogP contribution in [-0.2, 0) is 22.6 Å². The molecule has 4 nitrogen and oxygen atoms in total. The summed E-state index contributed by atoms with van der Waals surface area (Å²) < 4.78 is 0. The van der Waals surface area contributed by atoms with Gasteiger partial charge in [-0.05, 0) is 62.9 Å². The Morgan fingerprint density at radius 3 is 2.30 bits per heavy atom. The normalized spacial score (nSPS) is 12.4. The number of nitrogens with zero attached hydrogens (tertiary/aromatic N) is 1. The molecular weight excluding hydrogens is 419 g/mol. The van der Waals surface area contributed by atoms with E-state index in [1.807, 2.05) is 58.9 Å². The molecule has 2 amide bonds. The van der Waals surface area contributed by atoms with Crippen molar-refractivity contribution in [1.82, 2.24) is 10.2 Å². The smallest absolute Gasteiger partial charge is 0.243 e. The fourth-order valence-corrected chi connectivity index (χ4v) is 3.59. The number of carbonyl (C=O) groups is 2. The van der Waals surface area contributed by atoms with Gasteiger partial charge in [0.25, 0.3) is 0 Å². The van der Waals surface area contributed by atoms with Gasteiger partial charge < -0.3 is 10.2 Å². The minimum atomic E-state index is -0.570. The van der Waals surface area contributed by atoms with Crippen molar-refractivity contribution >= 4 is 35.0 Å². The summed E-state index contributed by atoms with van der Waals surface area (Å²) in [7, 11) is 0. The highest BCUT2D eigenvalue weighted by Crippen LogP contribution is 2.24. The van der Waals surface area contributed by atoms with Crippen LogP contribution in [-0.4, -0.2) is 28.3 Å². The number of rotatable bonds is 7. The molecule has 0 heterocycles. The van der Waals surface area contributed by atoms with Gasteiger partial charge in [0.15, 0.2) is 0 Å². The van der Waals surface area contributed by atoms with Crippen LogP contribution in [0.25, 0.3) is 0 Å². The van der Waals surface area contributed by atoms with Crippen molar-refractivity contribution in [3.63, 3.8) is 0 Å². The first-order chi connectivity index (χ1) is 14.0. The molecule has 2 rings (SSSR count). The van der Waals surface area contributed by atoms with Crippen LogP contribution < -0.4 is 5.32 Å². The third kappa shape index (κ3) is 6.75. The van der Waals surface area contributed by atoms with Crippen LogP contribution in [0.5, 0.6) is 0 Å². The minimum Gasteiger partial charge on any atom is -0.350 e. The summed E-state index contributed by atoms with van der Waals surface area (Å²) in [5, 5.41) is 3.87. The number of halogens is 2. The number of nitrogens with one attached hydrogen (secondary N) is 1. The lowest BCUT2D eigenvalue weighted by molar-refractivity contribution is -0.141. The summed E-state index contributed by atoms with van der Waals surface area (Å²) in [6.07, 6.45) is 0.656. The second-order valence-corrected chi connectivity index (χ2v) is 9.35. The Hall–Kier alpha value is -2.04. The molecule has 0 saturated carbocycles. The van der Waals surface area contributed by atoms with Crippen LogP contribution in [0, 0.1) is 6.92 Å². The van der Waals surface area contributed by atoms with Crippen molar-refractivity contribution in [2.75, 3.05) is 0 Å². The average molecular weight is 449 g/mol. The van der Waals surface area contributed by atoms with E-state index in [2.05, 4.69) is 5.32 Å². The van der Waals surface area contributed by atoms with E-state index < -0.39 is 6.04 Å². The Balaban J connectivity index is 2.35. The molecule has 0 aliphatic carbocycles. The SMILES string of the molecule is CC[C@@H](C(=O)NC(C)(C)C)N(Cc1ccccc1C)C(=O)Cc1ccc(Cl)c(Cl)c1. The second-order valence-electron chi connectivity index (χ2n) is 8.54. The topological polar surface area (TPSA) is 49.4 Å². The third-order valence-corrected chi connectivity index (χ3v) is 5.56. The summed E-state index contributed by atoms with van der Waals surface area (Å²) in [6, 6.07) is 12.5. The van der Waals surface area contributed by atoms with Crippen molar-refractivity contribution < 1.29 is 9.59 Å². The van der Waals surface area contributed by atoms with E-state index in [9.17, 15) is 9.59 Å². The molecule has 0 aromatic heterocycles. The minimum absolute atomic E-state index is 0.132. The molecule has 0 aliphatic heterocycles. The van der Waals surface area contributed by atoms with E-state index in [-0.39, 0.29) is 23.8 Å². The van der Waals surface area contributed by atoms with Crippen LogP contribution in [0.3, 0.4) is 0 Å². The molecule has 30 heavy (non-hydrogen) atoms. The van der Waals surface area contributed by atoms with Crippen LogP contribution in [0.1, 0.15) is 50.8 Å². The zero-order valence-electron chi connectivity index (χ0n) is 18.3. The van der Waals surface area contributed by atoms with Gasteiger partial charge in [-0.3, -0.25) is 9.59 Å². The number of hydrogen-bond acceptors (Lipinski definition) is 2. The Morgan fingerprint density at radius 2 is 1.73 bits per heavy atom. The highest BCUT2D eigenvalue weighted by Gasteiger charge is 2.30. The maximum Gasteiger partial charge on any atom is 0.243 e. The summed E-state index contributed by atoms with van der Waals surface area (Å²) in [6.45, 7) is 10.1. The molecule has 0 spiro atoms. The van der Waals surface area contributed by atoms with Gasteiger partial charge in [-0.2, -0.15) is 0 Å². The van der Waals surface area contributed by atoms with Crippen molar-refractivity contribution in [2.24, 2.45) is 0 Å². The van der Waals surface area contributed by atoms with E-state index in [1.165, 1.54) is 0 Å². The fourth-order valence-electron chi connectivity index (χ4n) is 3.27. The van der Waals surface area contributed by atoms with E-state index in [0.29, 0.717) is 23.0 Å². The Labute approximate surface area is 189 Å². The molecule has 2 aromatic rings. The van der Waals surface area contributed by atoms with Crippen LogP contribution >= 0.6 is 23.2 Å². The molecule has 2 aromatic carbocycles. The lowest BCUT2D eigenvalue weighted by atomic mass is 10.0. The number of aryl methyl sites for hydroxylation is 1. The van der Waals surface area contributed by atoms with E-state index in [0.717, 1.165) is 16.7 Å². The van der Waals surface area contributed by atoms with Crippen LogP contribution in [0.15, 0.2) is 42.5 Å². The molecule has 0 unspecified atom stereocenters. The molecular formula is C24H30Cl2N2O2. The first kappa shape index (κ1) is 24.2. The predicted molar refractivity (Wildman–Crippen MR) is 124 cm³/mol. The van der Waals surface area contributed by atoms with Gasteiger partial charge in [0, 0.05) is 12.1 Å². The van der Waals surface area contributed by atoms with E-state index in [4.69, 9.17) is 23.2 Å². The molecule has 6 heteroatoms. The Morgan fingerprint density at radius 1 is 1.07 bits per heavy atom.